The monoisotopic (exact) mass is 309 g/mol. The molecule has 0 heterocycles. The van der Waals surface area contributed by atoms with Crippen LogP contribution in [0.1, 0.15) is 46.0 Å². The summed E-state index contributed by atoms with van der Waals surface area (Å²) in [7, 11) is -3.58. The maximum absolute atomic E-state index is 11.2. The van der Waals surface area contributed by atoms with Crippen LogP contribution in [0, 0.1) is 6.92 Å². The molecular formula is C10H21O3PY-2. The maximum Gasteiger partial charge on any atom is 0.137 e. The van der Waals surface area contributed by atoms with E-state index in [4.69, 9.17) is 4.52 Å². The third-order valence-corrected chi connectivity index (χ3v) is 3.86. The van der Waals surface area contributed by atoms with E-state index >= 15 is 0 Å². The van der Waals surface area contributed by atoms with Crippen LogP contribution in [0.3, 0.4) is 0 Å². The molecule has 0 saturated carbocycles. The molecule has 0 amide bonds. The van der Waals surface area contributed by atoms with E-state index in [0.29, 0.717) is 6.61 Å². The van der Waals surface area contributed by atoms with Gasteiger partial charge in [0.2, 0.25) is 0 Å². The minimum absolute atomic E-state index is 0. The molecule has 0 aromatic carbocycles. The van der Waals surface area contributed by atoms with Gasteiger partial charge in [0.15, 0.2) is 0 Å². The Balaban J connectivity index is 0. The summed E-state index contributed by atoms with van der Waals surface area (Å²) in [5.41, 5.74) is -0.414. The van der Waals surface area contributed by atoms with Crippen LogP contribution in [-0.2, 0) is 41.8 Å². The Hall–Kier alpha value is 1.25. The van der Waals surface area contributed by atoms with Crippen LogP contribution in [0.2, 0.25) is 0 Å². The molecule has 15 heavy (non-hydrogen) atoms. The first kappa shape index (κ1) is 18.6. The summed E-state index contributed by atoms with van der Waals surface area (Å²) in [5, 5.41) is 0. The minimum Gasteiger partial charge on any atom is -0.778 e. The fourth-order valence-electron chi connectivity index (χ4n) is 0.973. The van der Waals surface area contributed by atoms with Crippen molar-refractivity contribution >= 4 is 7.60 Å². The van der Waals surface area contributed by atoms with Crippen LogP contribution in [-0.4, -0.2) is 12.3 Å². The maximum atomic E-state index is 11.2. The second-order valence-corrected chi connectivity index (χ2v) is 6.11. The smallest absolute Gasteiger partial charge is 0.137 e. The Labute approximate surface area is 119 Å². The first-order valence-electron chi connectivity index (χ1n) is 5.25. The number of hydrogen-bond acceptors (Lipinski definition) is 3. The molecule has 0 aliphatic heterocycles. The zero-order valence-corrected chi connectivity index (χ0v) is 13.5. The summed E-state index contributed by atoms with van der Waals surface area (Å²) >= 11 is 0. The van der Waals surface area contributed by atoms with Crippen molar-refractivity contribution in [2.24, 2.45) is 0 Å². The average molecular weight is 309 g/mol. The topological polar surface area (TPSA) is 49.4 Å². The fraction of sp³-hybridized carbons (Fsp3) is 0.900. The second-order valence-electron chi connectivity index (χ2n) is 3.73. The molecule has 5 heteroatoms. The summed E-state index contributed by atoms with van der Waals surface area (Å²) in [6.45, 7) is 7.34. The van der Waals surface area contributed by atoms with Crippen molar-refractivity contribution in [1.29, 1.82) is 0 Å². The van der Waals surface area contributed by atoms with Gasteiger partial charge in [0.1, 0.15) is 7.60 Å². The van der Waals surface area contributed by atoms with Crippen molar-refractivity contribution in [3.8, 4) is 0 Å². The van der Waals surface area contributed by atoms with Gasteiger partial charge in [-0.15, -0.1) is 0 Å². The van der Waals surface area contributed by atoms with Crippen LogP contribution >= 0.6 is 7.60 Å². The normalized spacial score (nSPS) is 14.7. The van der Waals surface area contributed by atoms with Crippen molar-refractivity contribution in [2.45, 2.75) is 51.6 Å². The van der Waals surface area contributed by atoms with E-state index in [0.717, 1.165) is 32.1 Å². The van der Waals surface area contributed by atoms with Crippen LogP contribution in [0.4, 0.5) is 0 Å². The summed E-state index contributed by atoms with van der Waals surface area (Å²) < 4.78 is 16.1. The predicted octanol–water partition coefficient (Wildman–Crippen LogP) is 2.75. The molecule has 0 aliphatic carbocycles. The molecule has 89 valence electrons. The van der Waals surface area contributed by atoms with Gasteiger partial charge in [0, 0.05) is 38.4 Å². The van der Waals surface area contributed by atoms with Crippen LogP contribution in [0.25, 0.3) is 0 Å². The molecule has 1 atom stereocenters. The molecule has 0 spiro atoms. The third-order valence-electron chi connectivity index (χ3n) is 2.05. The van der Waals surface area contributed by atoms with Crippen molar-refractivity contribution in [2.75, 3.05) is 6.61 Å². The van der Waals surface area contributed by atoms with Gasteiger partial charge in [-0.2, -0.15) is 6.42 Å². The van der Waals surface area contributed by atoms with Gasteiger partial charge in [-0.1, -0.05) is 33.1 Å². The molecule has 0 aliphatic rings. The van der Waals surface area contributed by atoms with E-state index in [-0.39, 0.29) is 32.7 Å². The first-order chi connectivity index (χ1) is 6.50. The summed E-state index contributed by atoms with van der Waals surface area (Å²) in [6, 6.07) is 0. The fourth-order valence-corrected chi connectivity index (χ4v) is 1.65. The van der Waals surface area contributed by atoms with E-state index in [9.17, 15) is 9.46 Å². The molecule has 0 bridgehead atoms. The van der Waals surface area contributed by atoms with Crippen LogP contribution < -0.4 is 4.89 Å². The summed E-state index contributed by atoms with van der Waals surface area (Å²) in [4.78, 5) is 11.2. The minimum atomic E-state index is -3.58. The Morgan fingerprint density at radius 2 is 1.80 bits per heavy atom. The Bertz CT molecular complexity index is 186. The van der Waals surface area contributed by atoms with Crippen molar-refractivity contribution in [3.05, 3.63) is 6.92 Å². The van der Waals surface area contributed by atoms with Gasteiger partial charge in [-0.05, 0) is 6.42 Å². The molecule has 0 rings (SSSR count). The molecule has 3 nitrogen and oxygen atoms in total. The molecule has 1 radical (unpaired) electrons. The summed E-state index contributed by atoms with van der Waals surface area (Å²) in [5.74, 6) is 0. The van der Waals surface area contributed by atoms with Gasteiger partial charge in [0.05, 0.1) is 6.61 Å². The molecule has 0 aromatic rings. The van der Waals surface area contributed by atoms with E-state index < -0.39 is 13.3 Å². The first-order valence-corrected chi connectivity index (χ1v) is 6.86. The van der Waals surface area contributed by atoms with Crippen molar-refractivity contribution < 1.29 is 46.7 Å². The SMILES string of the molecule is [CH2-]CCCCCCOP(=O)([O-])C(C)C.[Y]. The van der Waals surface area contributed by atoms with E-state index in [1.807, 2.05) is 0 Å². The van der Waals surface area contributed by atoms with Gasteiger partial charge in [-0.25, -0.2) is 0 Å². The predicted molar refractivity (Wildman–Crippen MR) is 57.1 cm³/mol. The van der Waals surface area contributed by atoms with Crippen molar-refractivity contribution in [1.82, 2.24) is 0 Å². The van der Waals surface area contributed by atoms with Crippen molar-refractivity contribution in [3.63, 3.8) is 0 Å². The quantitative estimate of drug-likeness (QED) is 0.393. The van der Waals surface area contributed by atoms with E-state index in [1.54, 1.807) is 13.8 Å². The molecule has 0 N–H and O–H groups in total. The molecule has 0 fully saturated rings. The van der Waals surface area contributed by atoms with Gasteiger partial charge >= 0.3 is 0 Å². The second kappa shape index (κ2) is 10.4. The Morgan fingerprint density at radius 3 is 2.27 bits per heavy atom. The Morgan fingerprint density at radius 1 is 1.27 bits per heavy atom. The largest absolute Gasteiger partial charge is 0.778 e. The number of unbranched alkanes of at least 4 members (excludes halogenated alkanes) is 4. The zero-order chi connectivity index (χ0) is 11.0. The molecule has 0 saturated heterocycles. The van der Waals surface area contributed by atoms with Crippen LogP contribution in [0.15, 0.2) is 0 Å². The third kappa shape index (κ3) is 10.1. The van der Waals surface area contributed by atoms with E-state index in [2.05, 4.69) is 6.92 Å². The Kier molecular flexibility index (Phi) is 12.9. The standard InChI is InChI=1S/C10H22O3P.Y/c1-4-5-6-7-8-9-13-14(11,12)10(2)3;/h10H,1,4-9H2,2-3H3,(H,11,12);/q-1;/p-1. The summed E-state index contributed by atoms with van der Waals surface area (Å²) in [6.07, 6.45) is 5.01. The van der Waals surface area contributed by atoms with E-state index in [1.165, 1.54) is 0 Å². The van der Waals surface area contributed by atoms with Gasteiger partial charge in [-0.3, -0.25) is 0 Å². The van der Waals surface area contributed by atoms with Gasteiger partial charge in [0.25, 0.3) is 0 Å². The molecule has 1 unspecified atom stereocenters. The number of hydrogen-bond donors (Lipinski definition) is 0. The van der Waals surface area contributed by atoms with Gasteiger partial charge < -0.3 is 20.9 Å². The average Bonchev–Trinajstić information content (AvgIpc) is 2.10. The zero-order valence-electron chi connectivity index (χ0n) is 9.78. The number of rotatable bonds is 8. The van der Waals surface area contributed by atoms with Crippen LogP contribution in [0.5, 0.6) is 0 Å². The molecular weight excluding hydrogens is 288 g/mol. The molecule has 0 aromatic heterocycles.